The minimum Gasteiger partial charge on any atom is -0.294 e. The van der Waals surface area contributed by atoms with Crippen LogP contribution >= 0.6 is 11.3 Å². The van der Waals surface area contributed by atoms with Crippen molar-refractivity contribution in [3.8, 4) is 39.3 Å². The lowest BCUT2D eigenvalue weighted by atomic mass is 9.99. The van der Waals surface area contributed by atoms with E-state index in [0.717, 1.165) is 33.7 Å². The third-order valence-corrected chi connectivity index (χ3v) is 9.73. The van der Waals surface area contributed by atoms with Gasteiger partial charge in [-0.25, -0.2) is 4.98 Å². The maximum absolute atomic E-state index is 5.37. The van der Waals surface area contributed by atoms with E-state index in [9.17, 15) is 0 Å². The highest BCUT2D eigenvalue weighted by Gasteiger charge is 2.16. The predicted molar refractivity (Wildman–Crippen MR) is 188 cm³/mol. The van der Waals surface area contributed by atoms with Crippen LogP contribution < -0.4 is 0 Å². The van der Waals surface area contributed by atoms with Crippen LogP contribution in [-0.4, -0.2) is 9.55 Å². The molecule has 0 radical (unpaired) electrons. The smallest absolute Gasteiger partial charge is 0.138 e. The van der Waals surface area contributed by atoms with Gasteiger partial charge in [0.15, 0.2) is 0 Å². The molecule has 9 rings (SSSR count). The van der Waals surface area contributed by atoms with Crippen molar-refractivity contribution in [2.24, 2.45) is 0 Å². The van der Waals surface area contributed by atoms with Gasteiger partial charge in [0.2, 0.25) is 0 Å². The molecule has 0 saturated carbocycles. The summed E-state index contributed by atoms with van der Waals surface area (Å²) in [5, 5.41) is 5.09. The van der Waals surface area contributed by atoms with E-state index in [1.54, 1.807) is 0 Å². The molecule has 3 aromatic heterocycles. The third kappa shape index (κ3) is 4.05. The van der Waals surface area contributed by atoms with E-state index < -0.39 is 0 Å². The Morgan fingerprint density at radius 1 is 0.386 bits per heavy atom. The van der Waals surface area contributed by atoms with Gasteiger partial charge in [0, 0.05) is 36.5 Å². The second-order valence-electron chi connectivity index (χ2n) is 11.2. The molecule has 0 amide bonds. The first kappa shape index (κ1) is 25.0. The quantitative estimate of drug-likeness (QED) is 0.203. The number of hydrogen-bond donors (Lipinski definition) is 0. The van der Waals surface area contributed by atoms with Gasteiger partial charge in [-0.15, -0.1) is 11.3 Å². The molecule has 2 nitrogen and oxygen atoms in total. The van der Waals surface area contributed by atoms with Crippen LogP contribution in [0.4, 0.5) is 0 Å². The molecule has 206 valence electrons. The Balaban J connectivity index is 1.30. The molecule has 0 aliphatic rings. The standard InChI is InChI=1S/C41H26N2S/c1-2-11-27(12-3-1)28-13-10-14-30(23-28)36-24-31(29-21-22-35-34-17-6-9-20-39(34)44-40(35)25-29)26-41(42-36)43-37-18-7-4-15-32(37)33-16-5-8-19-38(33)43/h1-26H. The molecule has 0 spiro atoms. The first-order valence-electron chi connectivity index (χ1n) is 14.9. The predicted octanol–water partition coefficient (Wildman–Crippen LogP) is 11.5. The van der Waals surface area contributed by atoms with Crippen molar-refractivity contribution < 1.29 is 0 Å². The summed E-state index contributed by atoms with van der Waals surface area (Å²) in [7, 11) is 0. The van der Waals surface area contributed by atoms with Crippen LogP contribution in [-0.2, 0) is 0 Å². The molecule has 0 atom stereocenters. The molecule has 6 aromatic carbocycles. The van der Waals surface area contributed by atoms with Crippen LogP contribution in [0.5, 0.6) is 0 Å². The SMILES string of the molecule is c1ccc(-c2cccc(-c3cc(-c4ccc5c(c4)sc4ccccc45)cc(-n4c5ccccc5c5ccccc54)n3)c2)cc1. The lowest BCUT2D eigenvalue weighted by molar-refractivity contribution is 1.08. The highest BCUT2D eigenvalue weighted by molar-refractivity contribution is 7.25. The number of fused-ring (bicyclic) bond motifs is 6. The van der Waals surface area contributed by atoms with E-state index in [1.165, 1.54) is 47.6 Å². The Hall–Kier alpha value is -5.51. The Labute approximate surface area is 259 Å². The second kappa shape index (κ2) is 10.0. The van der Waals surface area contributed by atoms with Crippen molar-refractivity contribution in [1.82, 2.24) is 9.55 Å². The number of benzene rings is 6. The van der Waals surface area contributed by atoms with E-state index in [1.807, 2.05) is 11.3 Å². The van der Waals surface area contributed by atoms with E-state index in [4.69, 9.17) is 4.98 Å². The molecule has 3 heterocycles. The molecular formula is C41H26N2S. The summed E-state index contributed by atoms with van der Waals surface area (Å²) < 4.78 is 4.93. The maximum atomic E-state index is 5.37. The van der Waals surface area contributed by atoms with Crippen LogP contribution in [0.2, 0.25) is 0 Å². The van der Waals surface area contributed by atoms with E-state index in [0.29, 0.717) is 0 Å². The number of para-hydroxylation sites is 2. The molecule has 0 fully saturated rings. The van der Waals surface area contributed by atoms with Gasteiger partial charge in [0.1, 0.15) is 5.82 Å². The zero-order chi connectivity index (χ0) is 29.0. The van der Waals surface area contributed by atoms with Gasteiger partial charge in [-0.1, -0.05) is 115 Å². The summed E-state index contributed by atoms with van der Waals surface area (Å²) in [4.78, 5) is 5.37. The van der Waals surface area contributed by atoms with Gasteiger partial charge in [-0.2, -0.15) is 0 Å². The average Bonchev–Trinajstić information content (AvgIpc) is 3.64. The number of hydrogen-bond acceptors (Lipinski definition) is 2. The van der Waals surface area contributed by atoms with Gasteiger partial charge in [0.05, 0.1) is 16.7 Å². The fourth-order valence-electron chi connectivity index (χ4n) is 6.51. The molecule has 0 aliphatic heterocycles. The lowest BCUT2D eigenvalue weighted by Gasteiger charge is -2.14. The Kier molecular flexibility index (Phi) is 5.71. The van der Waals surface area contributed by atoms with E-state index in [-0.39, 0.29) is 0 Å². The van der Waals surface area contributed by atoms with Crippen LogP contribution in [0.1, 0.15) is 0 Å². The van der Waals surface area contributed by atoms with Crippen molar-refractivity contribution in [2.45, 2.75) is 0 Å². The first-order valence-corrected chi connectivity index (χ1v) is 15.7. The second-order valence-corrected chi connectivity index (χ2v) is 12.3. The maximum Gasteiger partial charge on any atom is 0.138 e. The van der Waals surface area contributed by atoms with Crippen molar-refractivity contribution in [1.29, 1.82) is 0 Å². The summed E-state index contributed by atoms with van der Waals surface area (Å²) in [5.41, 5.74) is 9.07. The zero-order valence-corrected chi connectivity index (χ0v) is 24.6. The van der Waals surface area contributed by atoms with Gasteiger partial charge < -0.3 is 0 Å². The summed E-state index contributed by atoms with van der Waals surface area (Å²) in [6.07, 6.45) is 0. The minimum absolute atomic E-state index is 0.913. The van der Waals surface area contributed by atoms with Gasteiger partial charge in [-0.05, 0) is 64.7 Å². The van der Waals surface area contributed by atoms with Crippen LogP contribution in [0.15, 0.2) is 158 Å². The van der Waals surface area contributed by atoms with Gasteiger partial charge >= 0.3 is 0 Å². The summed E-state index contributed by atoms with van der Waals surface area (Å²) in [6, 6.07) is 56.6. The molecule has 0 bridgehead atoms. The number of rotatable bonds is 4. The Morgan fingerprint density at radius 3 is 1.80 bits per heavy atom. The first-order chi connectivity index (χ1) is 21.8. The van der Waals surface area contributed by atoms with Crippen molar-refractivity contribution in [3.05, 3.63) is 158 Å². The molecule has 9 aromatic rings. The van der Waals surface area contributed by atoms with Crippen LogP contribution in [0.25, 0.3) is 81.3 Å². The summed E-state index contributed by atoms with van der Waals surface area (Å²) >= 11 is 1.86. The van der Waals surface area contributed by atoms with E-state index in [2.05, 4.69) is 162 Å². The van der Waals surface area contributed by atoms with Crippen molar-refractivity contribution in [3.63, 3.8) is 0 Å². The highest BCUT2D eigenvalue weighted by atomic mass is 32.1. The summed E-state index contributed by atoms with van der Waals surface area (Å²) in [5.74, 6) is 0.913. The van der Waals surface area contributed by atoms with Crippen molar-refractivity contribution >= 4 is 53.3 Å². The molecule has 0 saturated heterocycles. The van der Waals surface area contributed by atoms with Crippen LogP contribution in [0, 0.1) is 0 Å². The molecule has 0 aliphatic carbocycles. The van der Waals surface area contributed by atoms with Gasteiger partial charge in [-0.3, -0.25) is 4.57 Å². The fourth-order valence-corrected chi connectivity index (χ4v) is 7.65. The zero-order valence-electron chi connectivity index (χ0n) is 23.8. The Bertz CT molecular complexity index is 2450. The monoisotopic (exact) mass is 578 g/mol. The van der Waals surface area contributed by atoms with Gasteiger partial charge in [0.25, 0.3) is 0 Å². The fraction of sp³-hybridized carbons (Fsp3) is 0. The van der Waals surface area contributed by atoms with Crippen LogP contribution in [0.3, 0.4) is 0 Å². The van der Waals surface area contributed by atoms with E-state index >= 15 is 0 Å². The number of aromatic nitrogens is 2. The lowest BCUT2D eigenvalue weighted by Crippen LogP contribution is -2.00. The largest absolute Gasteiger partial charge is 0.294 e. The molecule has 3 heteroatoms. The average molecular weight is 579 g/mol. The third-order valence-electron chi connectivity index (χ3n) is 8.60. The van der Waals surface area contributed by atoms with Crippen molar-refractivity contribution in [2.75, 3.05) is 0 Å². The molecule has 0 unspecified atom stereocenters. The molecular weight excluding hydrogens is 553 g/mol. The molecule has 44 heavy (non-hydrogen) atoms. The normalized spacial score (nSPS) is 11.6. The topological polar surface area (TPSA) is 17.8 Å². The minimum atomic E-state index is 0.913. The Morgan fingerprint density at radius 2 is 1.00 bits per heavy atom. The molecule has 0 N–H and O–H groups in total. The number of pyridine rings is 1. The number of thiophene rings is 1. The summed E-state index contributed by atoms with van der Waals surface area (Å²) in [6.45, 7) is 0. The number of nitrogens with zero attached hydrogens (tertiary/aromatic N) is 2. The highest BCUT2D eigenvalue weighted by Crippen LogP contribution is 2.39.